The standard InChI is InChI=1S/C10H16N2O3/c1-10(2,3)12-8(13)6-4-15-5-7(6)11-9(12)14/h6-7H,4-5H2,1-3H3,(H,11,14). The third kappa shape index (κ3) is 1.61. The Balaban J connectivity index is 2.26. The van der Waals surface area contributed by atoms with E-state index in [1.807, 2.05) is 20.8 Å². The second kappa shape index (κ2) is 3.20. The van der Waals surface area contributed by atoms with Crippen LogP contribution in [0, 0.1) is 5.92 Å². The Morgan fingerprint density at radius 1 is 1.33 bits per heavy atom. The summed E-state index contributed by atoms with van der Waals surface area (Å²) in [6, 6.07) is -0.442. The summed E-state index contributed by atoms with van der Waals surface area (Å²) in [5.74, 6) is -0.323. The first-order valence-electron chi connectivity index (χ1n) is 5.13. The molecule has 2 aliphatic heterocycles. The number of urea groups is 1. The third-order valence-corrected chi connectivity index (χ3v) is 2.80. The first-order valence-corrected chi connectivity index (χ1v) is 5.13. The molecule has 1 N–H and O–H groups in total. The Morgan fingerprint density at radius 2 is 2.00 bits per heavy atom. The molecule has 2 atom stereocenters. The second-order valence-corrected chi connectivity index (χ2v) is 5.04. The lowest BCUT2D eigenvalue weighted by Gasteiger charge is -2.40. The molecule has 0 aromatic heterocycles. The molecule has 2 saturated heterocycles. The van der Waals surface area contributed by atoms with Crippen molar-refractivity contribution in [2.24, 2.45) is 5.92 Å². The summed E-state index contributed by atoms with van der Waals surface area (Å²) in [4.78, 5) is 25.1. The summed E-state index contributed by atoms with van der Waals surface area (Å²) in [5, 5.41) is 2.81. The number of ether oxygens (including phenoxy) is 1. The van der Waals surface area contributed by atoms with Crippen molar-refractivity contribution in [1.29, 1.82) is 0 Å². The molecule has 84 valence electrons. The number of nitrogens with one attached hydrogen (secondary N) is 1. The maximum Gasteiger partial charge on any atom is 0.324 e. The van der Waals surface area contributed by atoms with Crippen molar-refractivity contribution in [1.82, 2.24) is 10.2 Å². The first-order chi connectivity index (χ1) is 6.91. The number of hydrogen-bond acceptors (Lipinski definition) is 3. The van der Waals surface area contributed by atoms with Gasteiger partial charge in [0.1, 0.15) is 0 Å². The van der Waals surface area contributed by atoms with Gasteiger partial charge in [-0.25, -0.2) is 4.79 Å². The quantitative estimate of drug-likeness (QED) is 0.630. The van der Waals surface area contributed by atoms with Crippen LogP contribution in [0.4, 0.5) is 4.79 Å². The van der Waals surface area contributed by atoms with Crippen molar-refractivity contribution in [2.75, 3.05) is 13.2 Å². The zero-order valence-corrected chi connectivity index (χ0v) is 9.24. The number of rotatable bonds is 0. The van der Waals surface area contributed by atoms with E-state index in [1.165, 1.54) is 4.90 Å². The Hall–Kier alpha value is -1.10. The van der Waals surface area contributed by atoms with Crippen LogP contribution < -0.4 is 5.32 Å². The van der Waals surface area contributed by atoms with Gasteiger partial charge in [-0.15, -0.1) is 0 Å². The maximum atomic E-state index is 12.0. The molecule has 5 nitrogen and oxygen atoms in total. The van der Waals surface area contributed by atoms with Crippen molar-refractivity contribution in [3.63, 3.8) is 0 Å². The van der Waals surface area contributed by atoms with E-state index in [2.05, 4.69) is 5.32 Å². The van der Waals surface area contributed by atoms with Gasteiger partial charge in [0.25, 0.3) is 0 Å². The number of carbonyl (C=O) groups is 2. The number of amides is 3. The van der Waals surface area contributed by atoms with E-state index in [-0.39, 0.29) is 23.9 Å². The lowest BCUT2D eigenvalue weighted by molar-refractivity contribution is -0.138. The average molecular weight is 212 g/mol. The zero-order chi connectivity index (χ0) is 11.2. The van der Waals surface area contributed by atoms with E-state index in [9.17, 15) is 9.59 Å². The molecule has 0 bridgehead atoms. The molecule has 0 radical (unpaired) electrons. The van der Waals surface area contributed by atoms with Crippen molar-refractivity contribution >= 4 is 11.9 Å². The van der Waals surface area contributed by atoms with Crippen LogP contribution in [-0.2, 0) is 9.53 Å². The number of fused-ring (bicyclic) bond motifs is 1. The van der Waals surface area contributed by atoms with Crippen molar-refractivity contribution < 1.29 is 14.3 Å². The number of hydrogen-bond donors (Lipinski definition) is 1. The fraction of sp³-hybridized carbons (Fsp3) is 0.800. The Kier molecular flexibility index (Phi) is 2.22. The maximum absolute atomic E-state index is 12.0. The highest BCUT2D eigenvalue weighted by Gasteiger charge is 2.47. The molecule has 15 heavy (non-hydrogen) atoms. The van der Waals surface area contributed by atoms with Crippen LogP contribution in [0.25, 0.3) is 0 Å². The highest BCUT2D eigenvalue weighted by molar-refractivity contribution is 5.99. The first kappa shape index (κ1) is 10.4. The van der Waals surface area contributed by atoms with Crippen LogP contribution in [0.15, 0.2) is 0 Å². The number of nitrogens with zero attached hydrogens (tertiary/aromatic N) is 1. The van der Waals surface area contributed by atoms with E-state index in [0.29, 0.717) is 13.2 Å². The van der Waals surface area contributed by atoms with Crippen LogP contribution in [0.3, 0.4) is 0 Å². The van der Waals surface area contributed by atoms with Crippen molar-refractivity contribution in [2.45, 2.75) is 32.4 Å². The van der Waals surface area contributed by atoms with Gasteiger partial charge < -0.3 is 10.1 Å². The minimum atomic E-state index is -0.477. The van der Waals surface area contributed by atoms with Crippen LogP contribution in [0.5, 0.6) is 0 Å². The van der Waals surface area contributed by atoms with E-state index in [1.54, 1.807) is 0 Å². The molecule has 2 rings (SSSR count). The minimum Gasteiger partial charge on any atom is -0.378 e. The SMILES string of the molecule is CC(C)(C)N1C(=O)NC2COCC2C1=O. The topological polar surface area (TPSA) is 58.6 Å². The van der Waals surface area contributed by atoms with Gasteiger partial charge in [0, 0.05) is 5.54 Å². The van der Waals surface area contributed by atoms with Gasteiger partial charge in [-0.05, 0) is 20.8 Å². The van der Waals surface area contributed by atoms with Gasteiger partial charge in [-0.2, -0.15) is 0 Å². The van der Waals surface area contributed by atoms with E-state index in [4.69, 9.17) is 4.74 Å². The fourth-order valence-electron chi connectivity index (χ4n) is 2.06. The summed E-state index contributed by atoms with van der Waals surface area (Å²) < 4.78 is 5.21. The second-order valence-electron chi connectivity index (χ2n) is 5.04. The number of carbonyl (C=O) groups excluding carboxylic acids is 2. The Bertz CT molecular complexity index is 308. The smallest absolute Gasteiger partial charge is 0.324 e. The number of imide groups is 1. The monoisotopic (exact) mass is 212 g/mol. The molecule has 2 fully saturated rings. The molecular weight excluding hydrogens is 196 g/mol. The summed E-state index contributed by atoms with van der Waals surface area (Å²) in [5.41, 5.74) is -0.477. The summed E-state index contributed by atoms with van der Waals surface area (Å²) in [6.07, 6.45) is 0. The Labute approximate surface area is 88.8 Å². The van der Waals surface area contributed by atoms with Crippen LogP contribution in [0.1, 0.15) is 20.8 Å². The van der Waals surface area contributed by atoms with Crippen LogP contribution >= 0.6 is 0 Å². The molecule has 5 heteroatoms. The molecule has 0 aromatic carbocycles. The molecular formula is C10H16N2O3. The molecule has 0 spiro atoms. The highest BCUT2D eigenvalue weighted by Crippen LogP contribution is 2.26. The van der Waals surface area contributed by atoms with Gasteiger partial charge in [-0.3, -0.25) is 9.69 Å². The van der Waals surface area contributed by atoms with Crippen LogP contribution in [0.2, 0.25) is 0 Å². The molecule has 2 heterocycles. The highest BCUT2D eigenvalue weighted by atomic mass is 16.5. The molecule has 0 aliphatic carbocycles. The Morgan fingerprint density at radius 3 is 2.60 bits per heavy atom. The summed E-state index contributed by atoms with van der Waals surface area (Å²) in [6.45, 7) is 6.40. The van der Waals surface area contributed by atoms with Crippen LogP contribution in [-0.4, -0.2) is 41.6 Å². The molecule has 2 aliphatic rings. The van der Waals surface area contributed by atoms with Gasteiger partial charge in [0.2, 0.25) is 5.91 Å². The van der Waals surface area contributed by atoms with Gasteiger partial charge in [0.05, 0.1) is 25.2 Å². The van der Waals surface area contributed by atoms with E-state index in [0.717, 1.165) is 0 Å². The average Bonchev–Trinajstić information content (AvgIpc) is 2.48. The molecule has 2 unspecified atom stereocenters. The zero-order valence-electron chi connectivity index (χ0n) is 9.24. The van der Waals surface area contributed by atoms with E-state index >= 15 is 0 Å². The predicted octanol–water partition coefficient (Wildman–Crippen LogP) is 0.352. The molecule has 0 aromatic rings. The minimum absolute atomic E-state index is 0.117. The normalized spacial score (nSPS) is 31.5. The summed E-state index contributed by atoms with van der Waals surface area (Å²) >= 11 is 0. The van der Waals surface area contributed by atoms with Gasteiger partial charge in [0.15, 0.2) is 0 Å². The largest absolute Gasteiger partial charge is 0.378 e. The van der Waals surface area contributed by atoms with E-state index < -0.39 is 5.54 Å². The fourth-order valence-corrected chi connectivity index (χ4v) is 2.06. The van der Waals surface area contributed by atoms with Gasteiger partial charge >= 0.3 is 6.03 Å². The summed E-state index contributed by atoms with van der Waals surface area (Å²) in [7, 11) is 0. The lowest BCUT2D eigenvalue weighted by atomic mass is 9.95. The molecule has 0 saturated carbocycles. The lowest BCUT2D eigenvalue weighted by Crippen LogP contribution is -2.64. The van der Waals surface area contributed by atoms with Gasteiger partial charge in [-0.1, -0.05) is 0 Å². The molecule has 3 amide bonds. The predicted molar refractivity (Wildman–Crippen MR) is 53.2 cm³/mol. The van der Waals surface area contributed by atoms with Crippen molar-refractivity contribution in [3.05, 3.63) is 0 Å². The van der Waals surface area contributed by atoms with Crippen molar-refractivity contribution in [3.8, 4) is 0 Å². The third-order valence-electron chi connectivity index (χ3n) is 2.80.